The van der Waals surface area contributed by atoms with Crippen LogP contribution in [0.4, 0.5) is 5.69 Å². The monoisotopic (exact) mass is 263 g/mol. The highest BCUT2D eigenvalue weighted by Crippen LogP contribution is 2.15. The molecule has 0 N–H and O–H groups in total. The summed E-state index contributed by atoms with van der Waals surface area (Å²) >= 11 is 0. The van der Waals surface area contributed by atoms with Crippen molar-refractivity contribution in [2.45, 2.75) is 26.8 Å². The summed E-state index contributed by atoms with van der Waals surface area (Å²) in [6.07, 6.45) is 4.75. The SMILES string of the molecule is Cc1cnn(C(=O)CCn2cc([N+](=O)[O-])c(C)n2)c1. The molecule has 0 unspecified atom stereocenters. The highest BCUT2D eigenvalue weighted by molar-refractivity contribution is 5.77. The molecule has 2 aromatic heterocycles. The van der Waals surface area contributed by atoms with E-state index >= 15 is 0 Å². The van der Waals surface area contributed by atoms with Gasteiger partial charge >= 0.3 is 5.69 Å². The van der Waals surface area contributed by atoms with Crippen molar-refractivity contribution in [3.05, 3.63) is 40.0 Å². The van der Waals surface area contributed by atoms with Gasteiger partial charge in [-0.3, -0.25) is 19.6 Å². The minimum atomic E-state index is -0.489. The van der Waals surface area contributed by atoms with Gasteiger partial charge in [-0.25, -0.2) is 4.68 Å². The van der Waals surface area contributed by atoms with Gasteiger partial charge in [-0.2, -0.15) is 10.2 Å². The molecule has 0 fully saturated rings. The number of carbonyl (C=O) groups excluding carboxylic acids is 1. The molecule has 100 valence electrons. The van der Waals surface area contributed by atoms with E-state index in [2.05, 4.69) is 10.2 Å². The molecule has 0 saturated carbocycles. The normalized spacial score (nSPS) is 10.6. The second-order valence-corrected chi connectivity index (χ2v) is 4.23. The molecular formula is C11H13N5O3. The maximum atomic E-state index is 11.8. The summed E-state index contributed by atoms with van der Waals surface area (Å²) in [5.74, 6) is -0.177. The summed E-state index contributed by atoms with van der Waals surface area (Å²) in [5.41, 5.74) is 1.20. The van der Waals surface area contributed by atoms with Gasteiger partial charge < -0.3 is 0 Å². The lowest BCUT2D eigenvalue weighted by atomic mass is 10.4. The predicted molar refractivity (Wildman–Crippen MR) is 65.8 cm³/mol. The lowest BCUT2D eigenvalue weighted by molar-refractivity contribution is -0.385. The van der Waals surface area contributed by atoms with Gasteiger partial charge in [0.1, 0.15) is 11.9 Å². The third kappa shape index (κ3) is 2.84. The zero-order valence-corrected chi connectivity index (χ0v) is 10.6. The molecule has 2 heterocycles. The van der Waals surface area contributed by atoms with Crippen LogP contribution in [-0.2, 0) is 6.54 Å². The maximum absolute atomic E-state index is 11.8. The first-order valence-corrected chi connectivity index (χ1v) is 5.70. The van der Waals surface area contributed by atoms with Crippen LogP contribution in [0.1, 0.15) is 22.5 Å². The Hall–Kier alpha value is -2.51. The van der Waals surface area contributed by atoms with Crippen molar-refractivity contribution in [1.82, 2.24) is 19.6 Å². The van der Waals surface area contributed by atoms with E-state index in [-0.39, 0.29) is 24.6 Å². The Morgan fingerprint density at radius 2 is 2.16 bits per heavy atom. The van der Waals surface area contributed by atoms with E-state index in [1.807, 2.05) is 6.92 Å². The van der Waals surface area contributed by atoms with Gasteiger partial charge in [-0.15, -0.1) is 0 Å². The largest absolute Gasteiger partial charge is 0.309 e. The zero-order chi connectivity index (χ0) is 14.0. The van der Waals surface area contributed by atoms with Gasteiger partial charge in [0, 0.05) is 12.6 Å². The highest BCUT2D eigenvalue weighted by Gasteiger charge is 2.16. The Morgan fingerprint density at radius 1 is 1.42 bits per heavy atom. The van der Waals surface area contributed by atoms with E-state index in [9.17, 15) is 14.9 Å². The summed E-state index contributed by atoms with van der Waals surface area (Å²) in [7, 11) is 0. The smallest absolute Gasteiger partial charge is 0.273 e. The lowest BCUT2D eigenvalue weighted by Crippen LogP contribution is -2.14. The number of nitro groups is 1. The van der Waals surface area contributed by atoms with Crippen molar-refractivity contribution in [1.29, 1.82) is 0 Å². The van der Waals surface area contributed by atoms with E-state index in [1.165, 1.54) is 15.6 Å². The maximum Gasteiger partial charge on any atom is 0.309 e. The Kier molecular flexibility index (Phi) is 3.41. The van der Waals surface area contributed by atoms with Gasteiger partial charge in [-0.05, 0) is 19.4 Å². The molecule has 2 rings (SSSR count). The van der Waals surface area contributed by atoms with Gasteiger partial charge in [0.25, 0.3) is 0 Å². The zero-order valence-electron chi connectivity index (χ0n) is 10.6. The first kappa shape index (κ1) is 12.9. The first-order valence-electron chi connectivity index (χ1n) is 5.70. The molecule has 0 aliphatic heterocycles. The fraction of sp³-hybridized carbons (Fsp3) is 0.364. The summed E-state index contributed by atoms with van der Waals surface area (Å²) in [6.45, 7) is 3.69. The first-order chi connectivity index (χ1) is 8.97. The van der Waals surface area contributed by atoms with Crippen molar-refractivity contribution < 1.29 is 9.72 Å². The molecule has 0 saturated heterocycles. The van der Waals surface area contributed by atoms with Crippen LogP contribution in [0.5, 0.6) is 0 Å². The van der Waals surface area contributed by atoms with E-state index in [4.69, 9.17) is 0 Å². The van der Waals surface area contributed by atoms with Crippen molar-refractivity contribution >= 4 is 11.6 Å². The Balaban J connectivity index is 2.01. The average Bonchev–Trinajstić information content (AvgIpc) is 2.92. The Morgan fingerprint density at radius 3 is 2.68 bits per heavy atom. The van der Waals surface area contributed by atoms with E-state index in [0.29, 0.717) is 5.69 Å². The van der Waals surface area contributed by atoms with Crippen molar-refractivity contribution in [3.8, 4) is 0 Å². The standard InChI is InChI=1S/C11H13N5O3/c1-8-5-12-15(6-8)11(17)3-4-14-7-10(16(18)19)9(2)13-14/h5-7H,3-4H2,1-2H3. The van der Waals surface area contributed by atoms with Crippen LogP contribution in [0.25, 0.3) is 0 Å². The van der Waals surface area contributed by atoms with E-state index in [1.54, 1.807) is 19.3 Å². The van der Waals surface area contributed by atoms with Crippen LogP contribution >= 0.6 is 0 Å². The molecule has 0 aliphatic rings. The molecular weight excluding hydrogens is 250 g/mol. The third-order valence-corrected chi connectivity index (χ3v) is 2.64. The Labute approximate surface area is 108 Å². The Bertz CT molecular complexity index is 628. The third-order valence-electron chi connectivity index (χ3n) is 2.64. The molecule has 19 heavy (non-hydrogen) atoms. The summed E-state index contributed by atoms with van der Waals surface area (Å²) in [4.78, 5) is 22.0. The molecule has 0 radical (unpaired) electrons. The number of rotatable bonds is 4. The van der Waals surface area contributed by atoms with Gasteiger partial charge in [-0.1, -0.05) is 0 Å². The number of aryl methyl sites for hydroxylation is 3. The molecule has 0 aromatic carbocycles. The molecule has 0 spiro atoms. The molecule has 0 bridgehead atoms. The highest BCUT2D eigenvalue weighted by atomic mass is 16.6. The molecule has 0 atom stereocenters. The number of hydrogen-bond acceptors (Lipinski definition) is 5. The average molecular weight is 263 g/mol. The second kappa shape index (κ2) is 5.01. The van der Waals surface area contributed by atoms with Crippen LogP contribution in [0.2, 0.25) is 0 Å². The lowest BCUT2D eigenvalue weighted by Gasteiger charge is -2.00. The fourth-order valence-electron chi connectivity index (χ4n) is 1.68. The number of nitrogens with zero attached hydrogens (tertiary/aromatic N) is 5. The minimum absolute atomic E-state index is 0.0395. The van der Waals surface area contributed by atoms with E-state index < -0.39 is 4.92 Å². The fourth-order valence-corrected chi connectivity index (χ4v) is 1.68. The molecule has 0 aliphatic carbocycles. The van der Waals surface area contributed by atoms with Crippen LogP contribution < -0.4 is 0 Å². The summed E-state index contributed by atoms with van der Waals surface area (Å²) < 4.78 is 2.67. The summed E-state index contributed by atoms with van der Waals surface area (Å²) in [6, 6.07) is 0. The van der Waals surface area contributed by atoms with E-state index in [0.717, 1.165) is 5.56 Å². The second-order valence-electron chi connectivity index (χ2n) is 4.23. The molecule has 2 aromatic rings. The molecule has 8 heteroatoms. The minimum Gasteiger partial charge on any atom is -0.273 e. The van der Waals surface area contributed by atoms with Crippen LogP contribution in [0, 0.1) is 24.0 Å². The van der Waals surface area contributed by atoms with Crippen molar-refractivity contribution in [2.75, 3.05) is 0 Å². The van der Waals surface area contributed by atoms with Gasteiger partial charge in [0.05, 0.1) is 17.7 Å². The van der Waals surface area contributed by atoms with Crippen molar-refractivity contribution in [3.63, 3.8) is 0 Å². The van der Waals surface area contributed by atoms with Crippen LogP contribution in [-0.4, -0.2) is 30.4 Å². The molecule has 0 amide bonds. The number of carbonyl (C=O) groups is 1. The molecule has 8 nitrogen and oxygen atoms in total. The van der Waals surface area contributed by atoms with Crippen LogP contribution in [0.15, 0.2) is 18.6 Å². The number of aromatic nitrogens is 4. The summed E-state index contributed by atoms with van der Waals surface area (Å²) in [5, 5.41) is 18.6. The predicted octanol–water partition coefficient (Wildman–Crippen LogP) is 1.34. The number of hydrogen-bond donors (Lipinski definition) is 0. The van der Waals surface area contributed by atoms with Crippen molar-refractivity contribution in [2.24, 2.45) is 0 Å². The van der Waals surface area contributed by atoms with Gasteiger partial charge in [0.2, 0.25) is 5.91 Å². The quantitative estimate of drug-likeness (QED) is 0.612. The van der Waals surface area contributed by atoms with Gasteiger partial charge in [0.15, 0.2) is 0 Å². The van der Waals surface area contributed by atoms with Crippen LogP contribution in [0.3, 0.4) is 0 Å². The topological polar surface area (TPSA) is 95.8 Å².